The summed E-state index contributed by atoms with van der Waals surface area (Å²) in [5.74, 6) is 0.255. The van der Waals surface area contributed by atoms with Gasteiger partial charge in [-0.2, -0.15) is 4.99 Å². The zero-order chi connectivity index (χ0) is 25.1. The average molecular weight is 466 g/mol. The van der Waals surface area contributed by atoms with Crippen molar-refractivity contribution < 1.29 is 14.3 Å². The molecule has 0 atom stereocenters. The second kappa shape index (κ2) is 13.5. The minimum absolute atomic E-state index is 0.244. The van der Waals surface area contributed by atoms with Gasteiger partial charge in [-0.3, -0.25) is 4.79 Å². The highest BCUT2D eigenvalue weighted by atomic mass is 16.6. The minimum Gasteiger partial charge on any atom is -0.449 e. The Morgan fingerprint density at radius 3 is 2.38 bits per heavy atom. The second-order valence-corrected chi connectivity index (χ2v) is 9.31. The molecule has 0 heterocycles. The summed E-state index contributed by atoms with van der Waals surface area (Å²) in [6.45, 7) is 10.1. The lowest BCUT2D eigenvalue weighted by molar-refractivity contribution is 0.0965. The molecule has 2 rings (SSSR count). The lowest BCUT2D eigenvalue weighted by atomic mass is 9.97. The van der Waals surface area contributed by atoms with Crippen LogP contribution >= 0.6 is 0 Å². The number of amides is 2. The maximum Gasteiger partial charge on any atom is 0.410 e. The van der Waals surface area contributed by atoms with Crippen molar-refractivity contribution in [2.75, 3.05) is 27.2 Å². The third kappa shape index (κ3) is 8.65. The standard InChI is InChI=1S/C28H39N3O3/c1-7-8-17-34-28(33)31(16-15-21(2)3)19-23-9-11-24(12-10-23)26-14-13-25(18-22(26)4)27(32)29-20-30(5)6/h9-14,18,20-21H,7-8,15-17,19H2,1-6H3/b29-20+. The average Bonchev–Trinajstić information content (AvgIpc) is 2.80. The number of aliphatic imine (C=N–C) groups is 1. The van der Waals surface area contributed by atoms with Crippen molar-refractivity contribution in [1.82, 2.24) is 9.80 Å². The second-order valence-electron chi connectivity index (χ2n) is 9.31. The molecule has 34 heavy (non-hydrogen) atoms. The third-order valence-corrected chi connectivity index (χ3v) is 5.48. The summed E-state index contributed by atoms with van der Waals surface area (Å²) in [5, 5.41) is 0. The van der Waals surface area contributed by atoms with Gasteiger partial charge in [0.1, 0.15) is 0 Å². The van der Waals surface area contributed by atoms with Crippen LogP contribution < -0.4 is 0 Å². The van der Waals surface area contributed by atoms with Crippen molar-refractivity contribution >= 4 is 18.3 Å². The summed E-state index contributed by atoms with van der Waals surface area (Å²) in [7, 11) is 3.65. The van der Waals surface area contributed by atoms with Gasteiger partial charge in [-0.1, -0.05) is 57.5 Å². The molecule has 0 N–H and O–H groups in total. The van der Waals surface area contributed by atoms with E-state index in [0.717, 1.165) is 41.5 Å². The van der Waals surface area contributed by atoms with Crippen LogP contribution in [0.4, 0.5) is 4.79 Å². The lowest BCUT2D eigenvalue weighted by Gasteiger charge is -2.23. The molecule has 0 aliphatic rings. The van der Waals surface area contributed by atoms with Crippen LogP contribution in [0.3, 0.4) is 0 Å². The van der Waals surface area contributed by atoms with Crippen molar-refractivity contribution in [1.29, 1.82) is 0 Å². The number of hydrogen-bond acceptors (Lipinski definition) is 3. The fourth-order valence-corrected chi connectivity index (χ4v) is 3.42. The van der Waals surface area contributed by atoms with E-state index in [1.165, 1.54) is 6.34 Å². The zero-order valence-corrected chi connectivity index (χ0v) is 21.5. The molecule has 0 bridgehead atoms. The Labute approximate surface area is 204 Å². The van der Waals surface area contributed by atoms with E-state index < -0.39 is 0 Å². The Hall–Kier alpha value is -3.15. The summed E-state index contributed by atoms with van der Waals surface area (Å²) >= 11 is 0. The Balaban J connectivity index is 2.12. The molecule has 0 saturated carbocycles. The summed E-state index contributed by atoms with van der Waals surface area (Å²) in [5.41, 5.74) is 4.77. The van der Waals surface area contributed by atoms with E-state index in [1.807, 2.05) is 39.2 Å². The Morgan fingerprint density at radius 2 is 1.79 bits per heavy atom. The smallest absolute Gasteiger partial charge is 0.410 e. The molecular formula is C28H39N3O3. The quantitative estimate of drug-likeness (QED) is 0.226. The molecular weight excluding hydrogens is 426 g/mol. The zero-order valence-electron chi connectivity index (χ0n) is 21.5. The Kier molecular flexibility index (Phi) is 10.8. The first-order valence-electron chi connectivity index (χ1n) is 12.1. The van der Waals surface area contributed by atoms with Crippen LogP contribution in [0, 0.1) is 12.8 Å². The molecule has 0 saturated heterocycles. The molecule has 2 aromatic rings. The Bertz CT molecular complexity index is 965. The van der Waals surface area contributed by atoms with Gasteiger partial charge in [0.15, 0.2) is 0 Å². The predicted octanol–water partition coefficient (Wildman–Crippen LogP) is 6.18. The summed E-state index contributed by atoms with van der Waals surface area (Å²) < 4.78 is 5.47. The fourth-order valence-electron chi connectivity index (χ4n) is 3.42. The molecule has 0 spiro atoms. The molecule has 0 fully saturated rings. The van der Waals surface area contributed by atoms with E-state index in [1.54, 1.807) is 9.80 Å². The van der Waals surface area contributed by atoms with Crippen LogP contribution in [0.15, 0.2) is 47.5 Å². The molecule has 184 valence electrons. The lowest BCUT2D eigenvalue weighted by Crippen LogP contribution is -2.33. The SMILES string of the molecule is CCCCOC(=O)N(CCC(C)C)Cc1ccc(-c2ccc(C(=O)/N=C/N(C)C)cc2C)cc1. The van der Waals surface area contributed by atoms with Crippen LogP contribution in [0.25, 0.3) is 11.1 Å². The number of rotatable bonds is 11. The van der Waals surface area contributed by atoms with Crippen LogP contribution in [-0.2, 0) is 11.3 Å². The molecule has 0 radical (unpaired) electrons. The number of ether oxygens (including phenoxy) is 1. The molecule has 6 nitrogen and oxygen atoms in total. The van der Waals surface area contributed by atoms with E-state index in [0.29, 0.717) is 31.2 Å². The molecule has 0 aromatic heterocycles. The van der Waals surface area contributed by atoms with Gasteiger partial charge in [-0.25, -0.2) is 4.79 Å². The van der Waals surface area contributed by atoms with Gasteiger partial charge in [0, 0.05) is 32.7 Å². The van der Waals surface area contributed by atoms with Crippen molar-refractivity contribution in [3.05, 3.63) is 59.2 Å². The Morgan fingerprint density at radius 1 is 1.09 bits per heavy atom. The minimum atomic E-state index is -0.258. The fraction of sp³-hybridized carbons (Fsp3) is 0.464. The molecule has 0 aliphatic heterocycles. The van der Waals surface area contributed by atoms with Crippen LogP contribution in [0.2, 0.25) is 0 Å². The van der Waals surface area contributed by atoms with Crippen molar-refractivity contribution in [3.8, 4) is 11.1 Å². The highest BCUT2D eigenvalue weighted by Gasteiger charge is 2.16. The van der Waals surface area contributed by atoms with Gasteiger partial charge in [-0.05, 0) is 60.1 Å². The van der Waals surface area contributed by atoms with Crippen molar-refractivity contribution in [3.63, 3.8) is 0 Å². The van der Waals surface area contributed by atoms with Crippen molar-refractivity contribution in [2.24, 2.45) is 10.9 Å². The first kappa shape index (κ1) is 27.1. The summed E-state index contributed by atoms with van der Waals surface area (Å²) in [4.78, 5) is 32.4. The number of benzene rings is 2. The maximum atomic E-state index is 12.6. The van der Waals surface area contributed by atoms with E-state index in [9.17, 15) is 9.59 Å². The van der Waals surface area contributed by atoms with Crippen LogP contribution in [-0.4, -0.2) is 55.4 Å². The summed E-state index contributed by atoms with van der Waals surface area (Å²) in [6.07, 6.45) is 4.08. The topological polar surface area (TPSA) is 62.2 Å². The number of aryl methyl sites for hydroxylation is 1. The first-order chi connectivity index (χ1) is 16.2. The van der Waals surface area contributed by atoms with Crippen LogP contribution in [0.5, 0.6) is 0 Å². The van der Waals surface area contributed by atoms with Crippen molar-refractivity contribution in [2.45, 2.75) is 53.5 Å². The summed E-state index contributed by atoms with van der Waals surface area (Å²) in [6, 6.07) is 13.9. The van der Waals surface area contributed by atoms with E-state index in [-0.39, 0.29) is 12.0 Å². The van der Waals surface area contributed by atoms with Gasteiger partial charge in [0.2, 0.25) is 0 Å². The monoisotopic (exact) mass is 465 g/mol. The largest absolute Gasteiger partial charge is 0.449 e. The molecule has 0 unspecified atom stereocenters. The van der Waals surface area contributed by atoms with E-state index in [2.05, 4.69) is 50.0 Å². The number of nitrogens with zero attached hydrogens (tertiary/aromatic N) is 3. The number of hydrogen-bond donors (Lipinski definition) is 0. The molecule has 0 aliphatic carbocycles. The molecule has 6 heteroatoms. The van der Waals surface area contributed by atoms with E-state index in [4.69, 9.17) is 4.74 Å². The van der Waals surface area contributed by atoms with Crippen LogP contribution in [0.1, 0.15) is 61.5 Å². The first-order valence-corrected chi connectivity index (χ1v) is 12.1. The van der Waals surface area contributed by atoms with Gasteiger partial charge < -0.3 is 14.5 Å². The number of carbonyl (C=O) groups is 2. The molecule has 2 aromatic carbocycles. The van der Waals surface area contributed by atoms with E-state index >= 15 is 0 Å². The highest BCUT2D eigenvalue weighted by Crippen LogP contribution is 2.25. The molecule has 2 amide bonds. The normalized spacial score (nSPS) is 11.1. The van der Waals surface area contributed by atoms with Gasteiger partial charge in [-0.15, -0.1) is 0 Å². The number of unbranched alkanes of at least 4 members (excludes halogenated alkanes) is 1. The number of carbonyl (C=O) groups excluding carboxylic acids is 2. The highest BCUT2D eigenvalue weighted by molar-refractivity contribution is 5.99. The maximum absolute atomic E-state index is 12.6. The van der Waals surface area contributed by atoms with Gasteiger partial charge in [0.05, 0.1) is 12.9 Å². The van der Waals surface area contributed by atoms with Gasteiger partial charge >= 0.3 is 6.09 Å². The predicted molar refractivity (Wildman–Crippen MR) is 139 cm³/mol. The van der Waals surface area contributed by atoms with Gasteiger partial charge in [0.25, 0.3) is 5.91 Å². The third-order valence-electron chi connectivity index (χ3n) is 5.48.